The van der Waals surface area contributed by atoms with Gasteiger partial charge in [0.2, 0.25) is 0 Å². The second kappa shape index (κ2) is 14.5. The van der Waals surface area contributed by atoms with Crippen LogP contribution in [-0.2, 0) is 23.2 Å². The molecule has 5 nitrogen and oxygen atoms in total. The van der Waals surface area contributed by atoms with Crippen molar-refractivity contribution in [3.63, 3.8) is 0 Å². The molecule has 0 atom stereocenters. The Morgan fingerprint density at radius 3 is 1.91 bits per heavy atom. The molecule has 6 heteroatoms. The van der Waals surface area contributed by atoms with Crippen LogP contribution in [0.15, 0.2) is 120 Å². The van der Waals surface area contributed by atoms with Crippen molar-refractivity contribution >= 4 is 27.1 Å². The molecule has 0 unspecified atom stereocenters. The van der Waals surface area contributed by atoms with Crippen LogP contribution >= 0.6 is 0 Å². The minimum atomic E-state index is -4.50. The van der Waals surface area contributed by atoms with Crippen LogP contribution in [0.2, 0.25) is 0 Å². The van der Waals surface area contributed by atoms with E-state index in [0.717, 1.165) is 65.4 Å². The maximum atomic E-state index is 12.8. The summed E-state index contributed by atoms with van der Waals surface area (Å²) in [6, 6.07) is 28.9. The summed E-state index contributed by atoms with van der Waals surface area (Å²) in [5, 5.41) is 0. The minimum Gasteiger partial charge on any atom is -0.367 e. The summed E-state index contributed by atoms with van der Waals surface area (Å²) in [5.41, 5.74) is 11.9. The van der Waals surface area contributed by atoms with E-state index in [4.69, 9.17) is 0 Å². The standard InChI is InChI=1S/C41H44N2O3S/c1-7-42(27-33-13-9-11-29(3)23-33)37-19-15-35(16-20-37)41(39-25-31(5)32(6)26-40(39)47(44,45)46)36-17-21-38(22-18-36)43(8-2)28-34-14-10-12-30(4)24-34/h9-26H,7-8,27-28H2,1-6H3/p+1. The van der Waals surface area contributed by atoms with Gasteiger partial charge in [0.1, 0.15) is 11.4 Å². The Bertz CT molecular complexity index is 2000. The van der Waals surface area contributed by atoms with Gasteiger partial charge in [-0.1, -0.05) is 65.7 Å². The van der Waals surface area contributed by atoms with Crippen molar-refractivity contribution in [1.82, 2.24) is 0 Å². The molecule has 242 valence electrons. The summed E-state index contributed by atoms with van der Waals surface area (Å²) >= 11 is 0. The third kappa shape index (κ3) is 8.07. The highest BCUT2D eigenvalue weighted by atomic mass is 32.2. The zero-order valence-corrected chi connectivity index (χ0v) is 29.1. The summed E-state index contributed by atoms with van der Waals surface area (Å²) in [7, 11) is -4.50. The van der Waals surface area contributed by atoms with E-state index in [2.05, 4.69) is 134 Å². The molecule has 0 aromatic heterocycles. The van der Waals surface area contributed by atoms with Crippen molar-refractivity contribution in [2.45, 2.75) is 59.5 Å². The van der Waals surface area contributed by atoms with Crippen molar-refractivity contribution in [2.24, 2.45) is 0 Å². The molecule has 1 aliphatic carbocycles. The molecule has 1 N–H and O–H groups in total. The van der Waals surface area contributed by atoms with Gasteiger partial charge in [-0.2, -0.15) is 8.42 Å². The third-order valence-corrected chi connectivity index (χ3v) is 9.75. The van der Waals surface area contributed by atoms with Gasteiger partial charge < -0.3 is 4.90 Å². The van der Waals surface area contributed by atoms with E-state index in [1.165, 1.54) is 22.3 Å². The summed E-state index contributed by atoms with van der Waals surface area (Å²) in [6.07, 6.45) is 8.29. The number of benzene rings is 4. The van der Waals surface area contributed by atoms with E-state index in [1.807, 2.05) is 19.9 Å². The molecule has 0 bridgehead atoms. The first-order valence-electron chi connectivity index (χ1n) is 16.2. The van der Waals surface area contributed by atoms with Gasteiger partial charge in [0, 0.05) is 42.1 Å². The van der Waals surface area contributed by atoms with Gasteiger partial charge in [-0.05, 0) is 117 Å². The van der Waals surface area contributed by atoms with E-state index in [9.17, 15) is 13.0 Å². The lowest BCUT2D eigenvalue weighted by molar-refractivity contribution is -0.539. The van der Waals surface area contributed by atoms with Crippen LogP contribution in [0.5, 0.6) is 0 Å². The molecular formula is C41H45N2O3S+. The van der Waals surface area contributed by atoms with Gasteiger partial charge in [-0.3, -0.25) is 4.55 Å². The van der Waals surface area contributed by atoms with Crippen LogP contribution in [0.25, 0.3) is 5.57 Å². The van der Waals surface area contributed by atoms with Crippen LogP contribution < -0.4 is 4.90 Å². The molecule has 4 aromatic rings. The molecule has 0 amide bonds. The fourth-order valence-corrected chi connectivity index (χ4v) is 6.95. The predicted molar refractivity (Wildman–Crippen MR) is 195 cm³/mol. The van der Waals surface area contributed by atoms with Crippen LogP contribution in [0, 0.1) is 27.7 Å². The molecule has 0 fully saturated rings. The molecule has 0 saturated carbocycles. The predicted octanol–water partition coefficient (Wildman–Crippen LogP) is 8.79. The molecule has 47 heavy (non-hydrogen) atoms. The lowest BCUT2D eigenvalue weighted by Gasteiger charge is -2.24. The third-order valence-electron chi connectivity index (χ3n) is 8.86. The van der Waals surface area contributed by atoms with E-state index in [-0.39, 0.29) is 4.90 Å². The Morgan fingerprint density at radius 1 is 0.745 bits per heavy atom. The minimum absolute atomic E-state index is 0.0898. The fraction of sp³-hybridized carbons (Fsp3) is 0.244. The average molecular weight is 646 g/mol. The second-order valence-electron chi connectivity index (χ2n) is 12.4. The van der Waals surface area contributed by atoms with Crippen LogP contribution in [-0.4, -0.2) is 36.3 Å². The van der Waals surface area contributed by atoms with Crippen molar-refractivity contribution in [3.8, 4) is 0 Å². The molecule has 0 spiro atoms. The summed E-state index contributed by atoms with van der Waals surface area (Å²) in [6.45, 7) is 15.6. The molecule has 1 aliphatic rings. The molecule has 0 aliphatic heterocycles. The summed E-state index contributed by atoms with van der Waals surface area (Å²) in [5.74, 6) is 0. The Morgan fingerprint density at radius 2 is 1.34 bits per heavy atom. The van der Waals surface area contributed by atoms with Gasteiger partial charge in [-0.25, -0.2) is 4.58 Å². The van der Waals surface area contributed by atoms with E-state index in [0.29, 0.717) is 5.56 Å². The quantitative estimate of drug-likeness (QED) is 0.138. The highest BCUT2D eigenvalue weighted by Crippen LogP contribution is 2.36. The molecule has 4 aromatic carbocycles. The van der Waals surface area contributed by atoms with Gasteiger partial charge in [0.25, 0.3) is 10.1 Å². The van der Waals surface area contributed by atoms with Crippen molar-refractivity contribution < 1.29 is 17.5 Å². The van der Waals surface area contributed by atoms with Gasteiger partial charge in [0.15, 0.2) is 12.3 Å². The Hall–Kier alpha value is -4.52. The molecular weight excluding hydrogens is 601 g/mol. The molecule has 0 saturated heterocycles. The zero-order chi connectivity index (χ0) is 33.7. The topological polar surface area (TPSA) is 60.6 Å². The zero-order valence-electron chi connectivity index (χ0n) is 28.3. The SMILES string of the molecule is CCN(Cc1cccc(C)c1)c1ccc(C(=C2C=CC(=[N+](CC)Cc3cccc(C)c3)C=C2)c2cc(C)c(C)cc2S(=O)(=O)O)cc1. The largest absolute Gasteiger partial charge is 0.367 e. The monoisotopic (exact) mass is 645 g/mol. The second-order valence-corrected chi connectivity index (χ2v) is 13.8. The number of allylic oxidation sites excluding steroid dienone is 5. The van der Waals surface area contributed by atoms with E-state index >= 15 is 0 Å². The van der Waals surface area contributed by atoms with Gasteiger partial charge >= 0.3 is 0 Å². The number of hydrogen-bond donors (Lipinski definition) is 1. The first kappa shape index (κ1) is 33.8. The first-order valence-corrected chi connectivity index (χ1v) is 17.7. The Kier molecular flexibility index (Phi) is 10.4. The number of rotatable bonds is 10. The van der Waals surface area contributed by atoms with Crippen molar-refractivity contribution in [3.05, 3.63) is 159 Å². The van der Waals surface area contributed by atoms with Gasteiger partial charge in [-0.15, -0.1) is 0 Å². The maximum Gasteiger partial charge on any atom is 0.295 e. The number of aryl methyl sites for hydroxylation is 4. The summed E-state index contributed by atoms with van der Waals surface area (Å²) in [4.78, 5) is 2.23. The first-order chi connectivity index (χ1) is 22.5. The Balaban J connectivity index is 1.60. The average Bonchev–Trinajstić information content (AvgIpc) is 3.04. The Labute approximate surface area is 280 Å². The van der Waals surface area contributed by atoms with E-state index in [1.54, 1.807) is 6.07 Å². The normalized spacial score (nSPS) is 12.8. The number of nitrogens with zero attached hydrogens (tertiary/aromatic N) is 2. The highest BCUT2D eigenvalue weighted by molar-refractivity contribution is 7.86. The molecule has 5 rings (SSSR count). The lowest BCUT2D eigenvalue weighted by Crippen LogP contribution is -2.22. The van der Waals surface area contributed by atoms with Crippen LogP contribution in [0.4, 0.5) is 5.69 Å². The van der Waals surface area contributed by atoms with Crippen molar-refractivity contribution in [1.29, 1.82) is 0 Å². The van der Waals surface area contributed by atoms with Crippen molar-refractivity contribution in [2.75, 3.05) is 18.0 Å². The highest BCUT2D eigenvalue weighted by Gasteiger charge is 2.23. The lowest BCUT2D eigenvalue weighted by atomic mass is 9.89. The maximum absolute atomic E-state index is 12.8. The van der Waals surface area contributed by atoms with Gasteiger partial charge in [0.05, 0.1) is 0 Å². The number of anilines is 1. The van der Waals surface area contributed by atoms with Crippen LogP contribution in [0.1, 0.15) is 58.4 Å². The van der Waals surface area contributed by atoms with Crippen LogP contribution in [0.3, 0.4) is 0 Å². The van der Waals surface area contributed by atoms with E-state index < -0.39 is 10.1 Å². The summed E-state index contributed by atoms with van der Waals surface area (Å²) < 4.78 is 38.3. The molecule has 0 heterocycles. The smallest absolute Gasteiger partial charge is 0.295 e. The fourth-order valence-electron chi connectivity index (χ4n) is 6.19. The molecule has 0 radical (unpaired) electrons. The number of hydrogen-bond acceptors (Lipinski definition) is 3.